The number of nitrogens with zero attached hydrogens (tertiary/aromatic N) is 2. The molecule has 2 N–H and O–H groups in total. The Morgan fingerprint density at radius 3 is 2.57 bits per heavy atom. The number of ether oxygens (including phenoxy) is 1. The van der Waals surface area contributed by atoms with Crippen LogP contribution in [0.2, 0.25) is 5.02 Å². The first-order valence-electron chi connectivity index (χ1n) is 9.13. The molecule has 0 heterocycles. The number of guanidine groups is 1. The topological polar surface area (TPSA) is 66.0 Å². The van der Waals surface area contributed by atoms with Crippen LogP contribution < -0.4 is 15.4 Å². The van der Waals surface area contributed by atoms with Crippen molar-refractivity contribution in [2.24, 2.45) is 4.99 Å². The molecular weight excluding hydrogens is 376 g/mol. The molecule has 0 aliphatic rings. The van der Waals surface area contributed by atoms with Crippen molar-refractivity contribution < 1.29 is 9.53 Å². The van der Waals surface area contributed by atoms with Gasteiger partial charge in [-0.1, -0.05) is 29.8 Å². The zero-order chi connectivity index (χ0) is 20.4. The van der Waals surface area contributed by atoms with Crippen LogP contribution in [-0.4, -0.2) is 57.6 Å². The van der Waals surface area contributed by atoms with E-state index in [2.05, 4.69) is 15.6 Å². The summed E-state index contributed by atoms with van der Waals surface area (Å²) in [5.74, 6) is 1.45. The van der Waals surface area contributed by atoms with Crippen LogP contribution >= 0.6 is 11.6 Å². The minimum Gasteiger partial charge on any atom is -0.492 e. The molecule has 0 spiro atoms. The Labute approximate surface area is 171 Å². The molecule has 0 aromatic heterocycles. The molecule has 0 aliphatic carbocycles. The van der Waals surface area contributed by atoms with Gasteiger partial charge in [-0.25, -0.2) is 0 Å². The molecule has 0 saturated heterocycles. The largest absolute Gasteiger partial charge is 0.492 e. The van der Waals surface area contributed by atoms with E-state index in [0.29, 0.717) is 36.2 Å². The normalized spacial score (nSPS) is 11.1. The summed E-state index contributed by atoms with van der Waals surface area (Å²) in [7, 11) is 5.23. The van der Waals surface area contributed by atoms with E-state index in [-0.39, 0.29) is 5.91 Å². The highest BCUT2D eigenvalue weighted by atomic mass is 35.5. The van der Waals surface area contributed by atoms with Gasteiger partial charge >= 0.3 is 0 Å². The molecule has 2 rings (SSSR count). The fourth-order valence-electron chi connectivity index (χ4n) is 2.56. The fourth-order valence-corrected chi connectivity index (χ4v) is 2.74. The van der Waals surface area contributed by atoms with Gasteiger partial charge in [-0.3, -0.25) is 9.79 Å². The summed E-state index contributed by atoms with van der Waals surface area (Å²) in [6.07, 6.45) is 0.786. The van der Waals surface area contributed by atoms with E-state index in [4.69, 9.17) is 16.3 Å². The van der Waals surface area contributed by atoms with Crippen LogP contribution in [0.3, 0.4) is 0 Å². The zero-order valence-corrected chi connectivity index (χ0v) is 17.3. The third kappa shape index (κ3) is 7.12. The third-order valence-electron chi connectivity index (χ3n) is 3.97. The summed E-state index contributed by atoms with van der Waals surface area (Å²) in [5.41, 5.74) is 1.79. The van der Waals surface area contributed by atoms with Crippen molar-refractivity contribution in [2.45, 2.75) is 6.42 Å². The maximum absolute atomic E-state index is 12.1. The van der Waals surface area contributed by atoms with Gasteiger partial charge in [-0.2, -0.15) is 0 Å². The van der Waals surface area contributed by atoms with Crippen LogP contribution in [0.4, 0.5) is 0 Å². The summed E-state index contributed by atoms with van der Waals surface area (Å²) in [6.45, 7) is 1.81. The van der Waals surface area contributed by atoms with Crippen LogP contribution in [0.25, 0.3) is 0 Å². The Morgan fingerprint density at radius 2 is 1.86 bits per heavy atom. The van der Waals surface area contributed by atoms with Crippen LogP contribution in [0, 0.1) is 0 Å². The van der Waals surface area contributed by atoms with Gasteiger partial charge in [0.05, 0.1) is 6.54 Å². The molecular formula is C21H27ClN4O2. The minimum absolute atomic E-state index is 0.00647. The van der Waals surface area contributed by atoms with Gasteiger partial charge in [0.15, 0.2) is 5.96 Å². The predicted octanol–water partition coefficient (Wildman–Crippen LogP) is 2.83. The van der Waals surface area contributed by atoms with Crippen LogP contribution in [0.1, 0.15) is 15.9 Å². The Balaban J connectivity index is 1.72. The van der Waals surface area contributed by atoms with Crippen molar-refractivity contribution in [1.82, 2.24) is 15.5 Å². The molecule has 2 aromatic carbocycles. The lowest BCUT2D eigenvalue weighted by Crippen LogP contribution is -2.40. The van der Waals surface area contributed by atoms with E-state index in [1.54, 1.807) is 32.1 Å². The number of amides is 1. The first-order chi connectivity index (χ1) is 13.5. The van der Waals surface area contributed by atoms with Gasteiger partial charge in [0, 0.05) is 38.3 Å². The second-order valence-electron chi connectivity index (χ2n) is 6.38. The summed E-state index contributed by atoms with van der Waals surface area (Å²) in [5, 5.41) is 7.12. The Hall–Kier alpha value is -2.73. The smallest absolute Gasteiger partial charge is 0.253 e. The van der Waals surface area contributed by atoms with Crippen molar-refractivity contribution in [3.8, 4) is 5.75 Å². The van der Waals surface area contributed by atoms with E-state index in [1.165, 1.54) is 0 Å². The number of benzene rings is 2. The lowest BCUT2D eigenvalue weighted by atomic mass is 10.1. The molecule has 150 valence electrons. The number of halogens is 1. The van der Waals surface area contributed by atoms with Crippen molar-refractivity contribution in [3.05, 3.63) is 64.7 Å². The highest BCUT2D eigenvalue weighted by Crippen LogP contribution is 2.16. The Bertz CT molecular complexity index is 808. The highest BCUT2D eigenvalue weighted by molar-refractivity contribution is 6.30. The first kappa shape index (κ1) is 21.6. The average Bonchev–Trinajstić information content (AvgIpc) is 2.69. The van der Waals surface area contributed by atoms with E-state index in [0.717, 1.165) is 17.7 Å². The molecule has 1 amide bonds. The molecule has 0 aliphatic heterocycles. The quantitative estimate of drug-likeness (QED) is 0.405. The molecule has 0 atom stereocenters. The molecule has 0 radical (unpaired) electrons. The standard InChI is InChI=1S/C21H27ClN4O2/c1-23-21(25-12-13-28-19-9-5-8-18(22)15-19)24-11-10-16-6-4-7-17(14-16)20(27)26(2)3/h4-9,14-15H,10-13H2,1-3H3,(H2,23,24,25). The minimum atomic E-state index is 0.00647. The van der Waals surface area contributed by atoms with E-state index in [1.807, 2.05) is 42.5 Å². The Kier molecular flexibility index (Phi) is 8.62. The van der Waals surface area contributed by atoms with Gasteiger partial charge in [-0.15, -0.1) is 0 Å². The van der Waals surface area contributed by atoms with Gasteiger partial charge in [-0.05, 0) is 42.3 Å². The molecule has 0 fully saturated rings. The van der Waals surface area contributed by atoms with E-state index >= 15 is 0 Å². The van der Waals surface area contributed by atoms with E-state index in [9.17, 15) is 4.79 Å². The van der Waals surface area contributed by atoms with Crippen molar-refractivity contribution in [1.29, 1.82) is 0 Å². The molecule has 2 aromatic rings. The molecule has 28 heavy (non-hydrogen) atoms. The van der Waals surface area contributed by atoms with Gasteiger partial charge in [0.1, 0.15) is 12.4 Å². The second-order valence-corrected chi connectivity index (χ2v) is 6.82. The van der Waals surface area contributed by atoms with Crippen molar-refractivity contribution in [3.63, 3.8) is 0 Å². The van der Waals surface area contributed by atoms with Gasteiger partial charge in [0.25, 0.3) is 5.91 Å². The predicted molar refractivity (Wildman–Crippen MR) is 114 cm³/mol. The molecule has 0 unspecified atom stereocenters. The van der Waals surface area contributed by atoms with Crippen LogP contribution in [0.15, 0.2) is 53.5 Å². The number of carbonyl (C=O) groups excluding carboxylic acids is 1. The van der Waals surface area contributed by atoms with Crippen LogP contribution in [0.5, 0.6) is 5.75 Å². The molecule has 0 bridgehead atoms. The van der Waals surface area contributed by atoms with E-state index < -0.39 is 0 Å². The first-order valence-corrected chi connectivity index (χ1v) is 9.51. The van der Waals surface area contributed by atoms with Crippen molar-refractivity contribution >= 4 is 23.5 Å². The number of rotatable bonds is 8. The van der Waals surface area contributed by atoms with Crippen molar-refractivity contribution in [2.75, 3.05) is 40.8 Å². The SMILES string of the molecule is CN=C(NCCOc1cccc(Cl)c1)NCCc1cccc(C(=O)N(C)C)c1. The molecule has 6 nitrogen and oxygen atoms in total. The van der Waals surface area contributed by atoms with Gasteiger partial charge < -0.3 is 20.3 Å². The summed E-state index contributed by atoms with van der Waals surface area (Å²) in [4.78, 5) is 17.8. The molecule has 0 saturated carbocycles. The summed E-state index contributed by atoms with van der Waals surface area (Å²) < 4.78 is 5.64. The monoisotopic (exact) mass is 402 g/mol. The lowest BCUT2D eigenvalue weighted by Gasteiger charge is -2.13. The average molecular weight is 403 g/mol. The second kappa shape index (κ2) is 11.2. The molecule has 7 heteroatoms. The van der Waals surface area contributed by atoms with Crippen LogP contribution in [-0.2, 0) is 6.42 Å². The number of carbonyl (C=O) groups is 1. The number of hydrogen-bond donors (Lipinski definition) is 2. The number of nitrogens with one attached hydrogen (secondary N) is 2. The number of aliphatic imine (C=N–C) groups is 1. The summed E-state index contributed by atoms with van der Waals surface area (Å²) >= 11 is 5.93. The highest BCUT2D eigenvalue weighted by Gasteiger charge is 2.08. The zero-order valence-electron chi connectivity index (χ0n) is 16.5. The lowest BCUT2D eigenvalue weighted by molar-refractivity contribution is 0.0827. The maximum atomic E-state index is 12.1. The van der Waals surface area contributed by atoms with Gasteiger partial charge in [0.2, 0.25) is 0 Å². The fraction of sp³-hybridized carbons (Fsp3) is 0.333. The maximum Gasteiger partial charge on any atom is 0.253 e. The third-order valence-corrected chi connectivity index (χ3v) is 4.20. The summed E-state index contributed by atoms with van der Waals surface area (Å²) in [6, 6.07) is 15.0. The Morgan fingerprint density at radius 1 is 1.11 bits per heavy atom. The number of hydrogen-bond acceptors (Lipinski definition) is 3.